The highest BCUT2D eigenvalue weighted by Crippen LogP contribution is 2.14. The fourth-order valence-electron chi connectivity index (χ4n) is 2.09. The maximum Gasteiger partial charge on any atom is 0.286 e. The number of benzene rings is 1. The summed E-state index contributed by atoms with van der Waals surface area (Å²) in [5.41, 5.74) is 3.22. The molecule has 2 rings (SSSR count). The Morgan fingerprint density at radius 3 is 2.71 bits per heavy atom. The normalized spacial score (nSPS) is 10.4. The van der Waals surface area contributed by atoms with Gasteiger partial charge in [0.15, 0.2) is 11.9 Å². The molecule has 0 fully saturated rings. The van der Waals surface area contributed by atoms with Gasteiger partial charge in [-0.25, -0.2) is 0 Å². The number of nitrogens with zero attached hydrogens (tertiary/aromatic N) is 1. The van der Waals surface area contributed by atoms with Crippen LogP contribution in [0.4, 0.5) is 0 Å². The molecule has 1 aromatic heterocycles. The first-order valence-corrected chi connectivity index (χ1v) is 7.47. The van der Waals surface area contributed by atoms with E-state index in [2.05, 4.69) is 18.3 Å². The number of aryl methyl sites for hydroxylation is 2. The van der Waals surface area contributed by atoms with Crippen molar-refractivity contribution in [2.45, 2.75) is 33.4 Å². The van der Waals surface area contributed by atoms with E-state index < -0.39 is 0 Å². The molecule has 0 bridgehead atoms. The van der Waals surface area contributed by atoms with E-state index in [1.807, 2.05) is 48.0 Å². The summed E-state index contributed by atoms with van der Waals surface area (Å²) in [5.74, 6) is -0.0173. The minimum absolute atomic E-state index is 0.0173. The van der Waals surface area contributed by atoms with Crippen LogP contribution in [-0.2, 0) is 24.3 Å². The molecule has 1 heterocycles. The van der Waals surface area contributed by atoms with Crippen LogP contribution in [-0.4, -0.2) is 5.91 Å². The van der Waals surface area contributed by atoms with Gasteiger partial charge in [0.25, 0.3) is 5.91 Å². The van der Waals surface area contributed by atoms with Crippen LogP contribution in [0.25, 0.3) is 0 Å². The highest BCUT2D eigenvalue weighted by molar-refractivity contribution is 6.31. The number of aromatic nitrogens is 1. The molecule has 0 radical (unpaired) electrons. The molecule has 0 saturated heterocycles. The summed E-state index contributed by atoms with van der Waals surface area (Å²) in [4.78, 5) is 12.1. The van der Waals surface area contributed by atoms with Gasteiger partial charge in [0.2, 0.25) is 6.54 Å². The van der Waals surface area contributed by atoms with E-state index in [0.29, 0.717) is 18.1 Å². The van der Waals surface area contributed by atoms with Crippen molar-refractivity contribution in [1.82, 2.24) is 5.32 Å². The number of carbonyl (C=O) groups is 1. The predicted molar refractivity (Wildman–Crippen MR) is 84.1 cm³/mol. The van der Waals surface area contributed by atoms with Crippen molar-refractivity contribution >= 4 is 17.5 Å². The van der Waals surface area contributed by atoms with Crippen LogP contribution in [0.15, 0.2) is 42.6 Å². The summed E-state index contributed by atoms with van der Waals surface area (Å²) in [6.07, 6.45) is 2.99. The van der Waals surface area contributed by atoms with Crippen molar-refractivity contribution in [3.63, 3.8) is 0 Å². The molecule has 4 heteroatoms. The predicted octanol–water partition coefficient (Wildman–Crippen LogP) is 2.81. The Balaban J connectivity index is 1.97. The largest absolute Gasteiger partial charge is 0.346 e. The minimum Gasteiger partial charge on any atom is -0.346 e. The first-order valence-electron chi connectivity index (χ1n) is 7.09. The van der Waals surface area contributed by atoms with Gasteiger partial charge in [0, 0.05) is 30.1 Å². The zero-order valence-corrected chi connectivity index (χ0v) is 13.2. The van der Waals surface area contributed by atoms with Crippen molar-refractivity contribution in [2.24, 2.45) is 0 Å². The second-order valence-electron chi connectivity index (χ2n) is 5.03. The molecule has 0 aliphatic heterocycles. The lowest BCUT2D eigenvalue weighted by molar-refractivity contribution is -0.690. The third kappa shape index (κ3) is 4.30. The number of rotatable bonds is 5. The maximum absolute atomic E-state index is 12.1. The zero-order valence-electron chi connectivity index (χ0n) is 12.4. The van der Waals surface area contributed by atoms with Crippen molar-refractivity contribution in [3.8, 4) is 0 Å². The summed E-state index contributed by atoms with van der Waals surface area (Å²) < 4.78 is 1.97. The number of carbonyl (C=O) groups excluding carboxylic acids is 1. The lowest BCUT2D eigenvalue weighted by Gasteiger charge is -2.06. The van der Waals surface area contributed by atoms with Gasteiger partial charge < -0.3 is 5.32 Å². The van der Waals surface area contributed by atoms with Gasteiger partial charge in [-0.3, -0.25) is 4.79 Å². The number of halogens is 1. The molecular formula is C17H20ClN2O+. The fourth-order valence-corrected chi connectivity index (χ4v) is 2.30. The van der Waals surface area contributed by atoms with Gasteiger partial charge in [-0.05, 0) is 24.1 Å². The minimum atomic E-state index is -0.0173. The molecule has 2 aromatic rings. The molecular weight excluding hydrogens is 284 g/mol. The lowest BCUT2D eigenvalue weighted by atomic mass is 10.2. The van der Waals surface area contributed by atoms with E-state index in [4.69, 9.17) is 11.6 Å². The molecule has 21 heavy (non-hydrogen) atoms. The van der Waals surface area contributed by atoms with Crippen molar-refractivity contribution in [2.75, 3.05) is 0 Å². The van der Waals surface area contributed by atoms with E-state index in [-0.39, 0.29) is 5.91 Å². The first kappa shape index (κ1) is 15.5. The van der Waals surface area contributed by atoms with Gasteiger partial charge in [-0.2, -0.15) is 4.57 Å². The van der Waals surface area contributed by atoms with Gasteiger partial charge in [-0.1, -0.05) is 36.7 Å². The number of nitrogens with one attached hydrogen (secondary N) is 1. The second kappa shape index (κ2) is 7.23. The Bertz CT molecular complexity index is 640. The van der Waals surface area contributed by atoms with Crippen LogP contribution < -0.4 is 9.88 Å². The third-order valence-corrected chi connectivity index (χ3v) is 3.84. The molecule has 110 valence electrons. The number of pyridine rings is 1. The number of hydrogen-bond acceptors (Lipinski definition) is 1. The third-order valence-electron chi connectivity index (χ3n) is 3.47. The lowest BCUT2D eigenvalue weighted by Crippen LogP contribution is -2.45. The standard InChI is InChI=1S/C17H19ClN2O/c1-3-14-9-8-13(2)20(11-14)12-17(21)19-10-15-6-4-5-7-16(15)18/h4-9,11H,3,10,12H2,1-2H3/p+1. The van der Waals surface area contributed by atoms with E-state index in [1.165, 1.54) is 5.56 Å². The molecule has 0 saturated carbocycles. The Labute approximate surface area is 130 Å². The summed E-state index contributed by atoms with van der Waals surface area (Å²) in [6.45, 7) is 4.88. The Morgan fingerprint density at radius 2 is 2.00 bits per heavy atom. The Kier molecular flexibility index (Phi) is 5.34. The average molecular weight is 304 g/mol. The van der Waals surface area contributed by atoms with Gasteiger partial charge in [-0.15, -0.1) is 0 Å². The molecule has 0 aliphatic carbocycles. The van der Waals surface area contributed by atoms with Gasteiger partial charge in [0.05, 0.1) is 0 Å². The van der Waals surface area contributed by atoms with Crippen molar-refractivity contribution in [3.05, 3.63) is 64.4 Å². The van der Waals surface area contributed by atoms with E-state index in [9.17, 15) is 4.79 Å². The molecule has 0 unspecified atom stereocenters. The Morgan fingerprint density at radius 1 is 1.24 bits per heavy atom. The van der Waals surface area contributed by atoms with Crippen LogP contribution in [0.2, 0.25) is 5.02 Å². The van der Waals surface area contributed by atoms with Crippen LogP contribution in [0.1, 0.15) is 23.7 Å². The van der Waals surface area contributed by atoms with Crippen molar-refractivity contribution in [1.29, 1.82) is 0 Å². The Hall–Kier alpha value is -1.87. The zero-order chi connectivity index (χ0) is 15.2. The quantitative estimate of drug-likeness (QED) is 0.847. The fraction of sp³-hybridized carbons (Fsp3) is 0.294. The monoisotopic (exact) mass is 303 g/mol. The highest BCUT2D eigenvalue weighted by atomic mass is 35.5. The SMILES string of the molecule is CCc1ccc(C)[n+](CC(=O)NCc2ccccc2Cl)c1. The smallest absolute Gasteiger partial charge is 0.286 e. The first-order chi connectivity index (χ1) is 10.1. The summed E-state index contributed by atoms with van der Waals surface area (Å²) in [6, 6.07) is 11.7. The van der Waals surface area contributed by atoms with E-state index in [1.54, 1.807) is 0 Å². The van der Waals surface area contributed by atoms with Crippen LogP contribution in [0.5, 0.6) is 0 Å². The molecule has 0 aliphatic rings. The highest BCUT2D eigenvalue weighted by Gasteiger charge is 2.13. The van der Waals surface area contributed by atoms with Crippen molar-refractivity contribution < 1.29 is 9.36 Å². The molecule has 1 N–H and O–H groups in total. The van der Waals surface area contributed by atoms with Crippen LogP contribution >= 0.6 is 11.6 Å². The molecule has 0 spiro atoms. The summed E-state index contributed by atoms with van der Waals surface area (Å²) in [7, 11) is 0. The molecule has 3 nitrogen and oxygen atoms in total. The van der Waals surface area contributed by atoms with Gasteiger partial charge in [0.1, 0.15) is 0 Å². The van der Waals surface area contributed by atoms with E-state index in [0.717, 1.165) is 17.7 Å². The molecule has 0 atom stereocenters. The second-order valence-corrected chi connectivity index (χ2v) is 5.44. The van der Waals surface area contributed by atoms with Crippen LogP contribution in [0.3, 0.4) is 0 Å². The molecule has 1 aromatic carbocycles. The topological polar surface area (TPSA) is 33.0 Å². The average Bonchev–Trinajstić information content (AvgIpc) is 2.48. The summed E-state index contributed by atoms with van der Waals surface area (Å²) >= 11 is 6.08. The summed E-state index contributed by atoms with van der Waals surface area (Å²) in [5, 5.41) is 3.58. The maximum atomic E-state index is 12.1. The molecule has 1 amide bonds. The van der Waals surface area contributed by atoms with Gasteiger partial charge >= 0.3 is 0 Å². The number of hydrogen-bond donors (Lipinski definition) is 1. The number of amides is 1. The van der Waals surface area contributed by atoms with E-state index >= 15 is 0 Å². The van der Waals surface area contributed by atoms with Crippen LogP contribution in [0, 0.1) is 6.92 Å².